The summed E-state index contributed by atoms with van der Waals surface area (Å²) in [6.45, 7) is 9.35. The van der Waals surface area contributed by atoms with E-state index in [4.69, 9.17) is 28.4 Å². The minimum absolute atomic E-state index is 0.204. The summed E-state index contributed by atoms with van der Waals surface area (Å²) in [4.78, 5) is 74.5. The van der Waals surface area contributed by atoms with Gasteiger partial charge < -0.3 is 38.6 Å². The maximum Gasteiger partial charge on any atom is 0.312 e. The highest BCUT2D eigenvalue weighted by Crippen LogP contribution is 2.57. The van der Waals surface area contributed by atoms with E-state index >= 15 is 0 Å². The molecule has 3 aliphatic rings. The predicted octanol–water partition coefficient (Wildman–Crippen LogP) is 0.842. The third kappa shape index (κ3) is 6.50. The van der Waals surface area contributed by atoms with Crippen LogP contribution in [0, 0.1) is 17.3 Å². The van der Waals surface area contributed by atoms with Gasteiger partial charge in [0.15, 0.2) is 11.7 Å². The summed E-state index contributed by atoms with van der Waals surface area (Å²) in [7, 11) is 0. The SMILES string of the molecule is CC(=O)OCC1=C/C2OC(=O)C(C)[C@]2(O)[C@H](OC(C)=O)C2[C@](C)(O)C(OC(C)=O)CC(OC(C)=O)[C@]2(C)[C@H](OC(C)=O)/C=C\1. The van der Waals surface area contributed by atoms with Gasteiger partial charge in [0.2, 0.25) is 0 Å². The van der Waals surface area contributed by atoms with Gasteiger partial charge in [-0.25, -0.2) is 0 Å². The van der Waals surface area contributed by atoms with Crippen molar-refractivity contribution < 1.29 is 67.4 Å². The molecule has 5 unspecified atom stereocenters. The Labute approximate surface area is 254 Å². The average molecular weight is 625 g/mol. The Morgan fingerprint density at radius 1 is 0.864 bits per heavy atom. The van der Waals surface area contributed by atoms with Gasteiger partial charge in [0.1, 0.15) is 36.6 Å². The molecule has 14 heteroatoms. The van der Waals surface area contributed by atoms with E-state index < -0.39 is 94.8 Å². The van der Waals surface area contributed by atoms with Crippen LogP contribution in [-0.2, 0) is 57.2 Å². The van der Waals surface area contributed by atoms with Gasteiger partial charge in [-0.15, -0.1) is 0 Å². The number of aliphatic hydroxyl groups is 2. The van der Waals surface area contributed by atoms with Crippen molar-refractivity contribution in [2.24, 2.45) is 17.3 Å². The van der Waals surface area contributed by atoms with Crippen LogP contribution >= 0.6 is 0 Å². The molecule has 14 nitrogen and oxygen atoms in total. The van der Waals surface area contributed by atoms with Crippen molar-refractivity contribution in [2.45, 2.75) is 104 Å². The Balaban J connectivity index is 2.49. The lowest BCUT2D eigenvalue weighted by atomic mass is 9.51. The Bertz CT molecular complexity index is 1270. The number of fused-ring (bicyclic) bond motifs is 2. The molecular weight excluding hydrogens is 584 g/mol. The lowest BCUT2D eigenvalue weighted by Gasteiger charge is -2.60. The number of carbonyl (C=O) groups is 6. The van der Waals surface area contributed by atoms with Gasteiger partial charge in [-0.1, -0.05) is 13.0 Å². The van der Waals surface area contributed by atoms with Gasteiger partial charge in [0, 0.05) is 47.0 Å². The first kappa shape index (κ1) is 34.7. The van der Waals surface area contributed by atoms with Crippen LogP contribution in [0.3, 0.4) is 0 Å². The molecule has 1 saturated heterocycles. The number of carbonyl (C=O) groups excluding carboxylic acids is 6. The van der Waals surface area contributed by atoms with E-state index in [1.165, 1.54) is 45.9 Å². The quantitative estimate of drug-likeness (QED) is 0.311. The van der Waals surface area contributed by atoms with Gasteiger partial charge in [-0.05, 0) is 31.6 Å². The largest absolute Gasteiger partial charge is 0.462 e. The van der Waals surface area contributed by atoms with Crippen LogP contribution in [-0.4, -0.2) is 94.4 Å². The van der Waals surface area contributed by atoms with Gasteiger partial charge in [-0.2, -0.15) is 0 Å². The molecule has 1 heterocycles. The van der Waals surface area contributed by atoms with Crippen LogP contribution in [0.2, 0.25) is 0 Å². The molecule has 0 aromatic rings. The average Bonchev–Trinajstić information content (AvgIpc) is 3.09. The van der Waals surface area contributed by atoms with Gasteiger partial charge in [0.05, 0.1) is 11.3 Å². The molecule has 0 radical (unpaired) electrons. The molecule has 1 saturated carbocycles. The fourth-order valence-corrected chi connectivity index (χ4v) is 6.69. The van der Waals surface area contributed by atoms with Gasteiger partial charge in [-0.3, -0.25) is 28.8 Å². The fourth-order valence-electron chi connectivity index (χ4n) is 6.69. The number of esters is 6. The standard InChI is InChI=1S/C30H40O14/c1-14-27(36)44-24-11-20(13-39-15(2)31)9-10-21(40-16(3)32)28(7)22(41-17(4)33)12-23(42-18(5)34)29(8,37)25(28)26(30(14,24)38)43-19(6)35/h9-11,14,21-26,37-38H,12-13H2,1-8H3/b10-9-,20-11+/t14?,21-,22?,23?,24?,25?,26-,28+,29-,30-/m1/s1. The first-order valence-corrected chi connectivity index (χ1v) is 14.1. The monoisotopic (exact) mass is 624 g/mol. The van der Waals surface area contributed by atoms with E-state index in [9.17, 15) is 39.0 Å². The van der Waals surface area contributed by atoms with Crippen LogP contribution in [0.25, 0.3) is 0 Å². The van der Waals surface area contributed by atoms with Crippen LogP contribution in [0.4, 0.5) is 0 Å². The highest BCUT2D eigenvalue weighted by Gasteiger charge is 2.72. The highest BCUT2D eigenvalue weighted by molar-refractivity contribution is 5.78. The van der Waals surface area contributed by atoms with Crippen LogP contribution in [0.5, 0.6) is 0 Å². The molecule has 44 heavy (non-hydrogen) atoms. The van der Waals surface area contributed by atoms with E-state index in [2.05, 4.69) is 0 Å². The van der Waals surface area contributed by atoms with Crippen LogP contribution in [0.15, 0.2) is 23.8 Å². The molecule has 0 bridgehead atoms. The molecule has 2 N–H and O–H groups in total. The van der Waals surface area contributed by atoms with Crippen molar-refractivity contribution in [2.75, 3.05) is 6.61 Å². The van der Waals surface area contributed by atoms with Crippen molar-refractivity contribution in [1.82, 2.24) is 0 Å². The maximum absolute atomic E-state index is 13.1. The zero-order valence-electron chi connectivity index (χ0n) is 26.0. The number of rotatable bonds is 6. The van der Waals surface area contributed by atoms with Gasteiger partial charge >= 0.3 is 35.8 Å². The molecule has 0 amide bonds. The molecular formula is C30H40O14. The van der Waals surface area contributed by atoms with Crippen molar-refractivity contribution in [3.63, 3.8) is 0 Å². The third-order valence-electron chi connectivity index (χ3n) is 8.69. The minimum atomic E-state index is -2.41. The smallest absolute Gasteiger partial charge is 0.312 e. The summed E-state index contributed by atoms with van der Waals surface area (Å²) < 4.78 is 33.4. The lowest BCUT2D eigenvalue weighted by Crippen LogP contribution is -2.74. The van der Waals surface area contributed by atoms with Crippen molar-refractivity contribution >= 4 is 35.8 Å². The van der Waals surface area contributed by atoms with Gasteiger partial charge in [0.25, 0.3) is 0 Å². The summed E-state index contributed by atoms with van der Waals surface area (Å²) >= 11 is 0. The normalized spacial score (nSPS) is 40.0. The number of hydrogen-bond donors (Lipinski definition) is 2. The molecule has 244 valence electrons. The van der Waals surface area contributed by atoms with E-state index in [1.54, 1.807) is 0 Å². The zero-order chi connectivity index (χ0) is 33.4. The van der Waals surface area contributed by atoms with E-state index in [0.717, 1.165) is 27.7 Å². The number of hydrogen-bond acceptors (Lipinski definition) is 14. The molecule has 2 fully saturated rings. The molecule has 0 aromatic carbocycles. The maximum atomic E-state index is 13.1. The van der Waals surface area contributed by atoms with Crippen molar-refractivity contribution in [3.8, 4) is 0 Å². The molecule has 0 spiro atoms. The number of ether oxygens (including phenoxy) is 6. The fraction of sp³-hybridized carbons (Fsp3) is 0.667. The molecule has 1 aliphatic heterocycles. The van der Waals surface area contributed by atoms with E-state index in [1.807, 2.05) is 0 Å². The summed E-state index contributed by atoms with van der Waals surface area (Å²) in [5.74, 6) is -7.72. The Morgan fingerprint density at radius 3 is 1.93 bits per heavy atom. The summed E-state index contributed by atoms with van der Waals surface area (Å²) in [5.41, 5.74) is -6.14. The van der Waals surface area contributed by atoms with Crippen molar-refractivity contribution in [1.29, 1.82) is 0 Å². The lowest BCUT2D eigenvalue weighted by molar-refractivity contribution is -0.286. The Hall–Kier alpha value is -3.78. The highest BCUT2D eigenvalue weighted by atomic mass is 16.6. The topological polar surface area (TPSA) is 198 Å². The first-order valence-electron chi connectivity index (χ1n) is 14.1. The Morgan fingerprint density at radius 2 is 1.41 bits per heavy atom. The minimum Gasteiger partial charge on any atom is -0.462 e. The zero-order valence-corrected chi connectivity index (χ0v) is 26.0. The van der Waals surface area contributed by atoms with Crippen LogP contribution in [0.1, 0.15) is 61.8 Å². The summed E-state index contributed by atoms with van der Waals surface area (Å²) in [6, 6.07) is 0. The first-order chi connectivity index (χ1) is 20.3. The summed E-state index contributed by atoms with van der Waals surface area (Å²) in [6.07, 6.45) is -3.58. The molecule has 2 aliphatic carbocycles. The van der Waals surface area contributed by atoms with Crippen LogP contribution < -0.4 is 0 Å². The second-order valence-electron chi connectivity index (χ2n) is 11.9. The second kappa shape index (κ2) is 12.7. The van der Waals surface area contributed by atoms with E-state index in [0.29, 0.717) is 0 Å². The Kier molecular flexibility index (Phi) is 10.0. The predicted molar refractivity (Wildman–Crippen MR) is 147 cm³/mol. The van der Waals surface area contributed by atoms with E-state index in [-0.39, 0.29) is 18.6 Å². The van der Waals surface area contributed by atoms with Crippen molar-refractivity contribution in [3.05, 3.63) is 23.8 Å². The third-order valence-corrected chi connectivity index (χ3v) is 8.69. The molecule has 0 aromatic heterocycles. The molecule has 3 rings (SSSR count). The summed E-state index contributed by atoms with van der Waals surface area (Å²) in [5, 5.41) is 24.8. The second-order valence-corrected chi connectivity index (χ2v) is 11.9. The molecule has 10 atom stereocenters.